The lowest BCUT2D eigenvalue weighted by Crippen LogP contribution is -2.33. The van der Waals surface area contributed by atoms with Crippen LogP contribution in [0.4, 0.5) is 0 Å². The number of aryl methyl sites for hydroxylation is 1. The smallest absolute Gasteiger partial charge is 0.253 e. The highest BCUT2D eigenvalue weighted by Gasteiger charge is 2.33. The van der Waals surface area contributed by atoms with Crippen molar-refractivity contribution in [2.24, 2.45) is 7.05 Å². The highest BCUT2D eigenvalue weighted by Crippen LogP contribution is 2.34. The number of rotatable bonds is 2. The number of para-hydroxylation sites is 1. The lowest BCUT2D eigenvalue weighted by molar-refractivity contribution is -0.128. The van der Waals surface area contributed by atoms with Gasteiger partial charge >= 0.3 is 0 Å². The van der Waals surface area contributed by atoms with Crippen LogP contribution in [0.1, 0.15) is 30.0 Å². The number of nitrogens with zero attached hydrogens (tertiary/aromatic N) is 3. The number of hydrogen-bond donors (Lipinski definition) is 0. The molecule has 3 heterocycles. The van der Waals surface area contributed by atoms with Crippen LogP contribution in [0.15, 0.2) is 42.2 Å². The Morgan fingerprint density at radius 1 is 1.35 bits per heavy atom. The van der Waals surface area contributed by atoms with Gasteiger partial charge in [0.1, 0.15) is 12.4 Å². The van der Waals surface area contributed by atoms with Gasteiger partial charge in [0.2, 0.25) is 0 Å². The van der Waals surface area contributed by atoms with Gasteiger partial charge in [-0.3, -0.25) is 9.48 Å². The molecule has 118 valence electrons. The largest absolute Gasteiger partial charge is 0.488 e. The van der Waals surface area contributed by atoms with E-state index in [-0.39, 0.29) is 11.9 Å². The fourth-order valence-corrected chi connectivity index (χ4v) is 3.39. The minimum atomic E-state index is 0.0749. The molecular weight excluding hydrogens is 290 g/mol. The summed E-state index contributed by atoms with van der Waals surface area (Å²) in [7, 11) is 1.90. The average molecular weight is 309 g/mol. The summed E-state index contributed by atoms with van der Waals surface area (Å²) in [4.78, 5) is 14.9. The van der Waals surface area contributed by atoms with E-state index in [1.165, 1.54) is 0 Å². The molecule has 5 heteroatoms. The molecule has 2 aliphatic heterocycles. The van der Waals surface area contributed by atoms with Crippen molar-refractivity contribution in [3.8, 4) is 5.75 Å². The molecule has 1 aromatic heterocycles. The van der Waals surface area contributed by atoms with Crippen LogP contribution in [0, 0.1) is 0 Å². The van der Waals surface area contributed by atoms with E-state index in [4.69, 9.17) is 4.74 Å². The number of amides is 1. The Bertz CT molecular complexity index is 778. The maximum atomic E-state index is 13.0. The zero-order valence-electron chi connectivity index (χ0n) is 13.1. The number of hydrogen-bond acceptors (Lipinski definition) is 3. The summed E-state index contributed by atoms with van der Waals surface area (Å²) in [5.74, 6) is 0.917. The zero-order chi connectivity index (χ0) is 15.8. The zero-order valence-corrected chi connectivity index (χ0v) is 13.1. The summed E-state index contributed by atoms with van der Waals surface area (Å²) < 4.78 is 7.52. The highest BCUT2D eigenvalue weighted by atomic mass is 16.5. The predicted molar refractivity (Wildman–Crippen MR) is 86.8 cm³/mol. The molecule has 4 rings (SSSR count). The second-order valence-electron chi connectivity index (χ2n) is 6.10. The van der Waals surface area contributed by atoms with Gasteiger partial charge in [-0.15, -0.1) is 0 Å². The van der Waals surface area contributed by atoms with E-state index in [0.29, 0.717) is 6.61 Å². The number of carbonyl (C=O) groups is 1. The Balaban J connectivity index is 1.60. The van der Waals surface area contributed by atoms with Crippen LogP contribution in [-0.2, 0) is 11.8 Å². The van der Waals surface area contributed by atoms with Gasteiger partial charge in [0.05, 0.1) is 17.8 Å². The predicted octanol–water partition coefficient (Wildman–Crippen LogP) is 2.56. The molecular formula is C18H19N3O2. The van der Waals surface area contributed by atoms with E-state index in [1.807, 2.05) is 54.7 Å². The monoisotopic (exact) mass is 309 g/mol. The molecule has 23 heavy (non-hydrogen) atoms. The van der Waals surface area contributed by atoms with Crippen molar-refractivity contribution in [1.29, 1.82) is 0 Å². The molecule has 0 spiro atoms. The number of aromatic nitrogens is 2. The third-order valence-corrected chi connectivity index (χ3v) is 4.53. The van der Waals surface area contributed by atoms with Gasteiger partial charge in [0.15, 0.2) is 0 Å². The van der Waals surface area contributed by atoms with Crippen molar-refractivity contribution in [2.45, 2.75) is 18.9 Å². The van der Waals surface area contributed by atoms with Crippen molar-refractivity contribution in [1.82, 2.24) is 14.7 Å². The lowest BCUT2D eigenvalue weighted by Gasteiger charge is -2.26. The summed E-state index contributed by atoms with van der Waals surface area (Å²) >= 11 is 0. The molecule has 0 bridgehead atoms. The van der Waals surface area contributed by atoms with E-state index >= 15 is 0 Å². The lowest BCUT2D eigenvalue weighted by atomic mass is 10.0. The van der Waals surface area contributed by atoms with Gasteiger partial charge in [0.25, 0.3) is 5.91 Å². The van der Waals surface area contributed by atoms with E-state index in [2.05, 4.69) is 5.10 Å². The number of fused-ring (bicyclic) bond motifs is 1. The van der Waals surface area contributed by atoms with Crippen LogP contribution >= 0.6 is 0 Å². The second-order valence-corrected chi connectivity index (χ2v) is 6.10. The standard InChI is InChI=1S/C18H19N3O2/c1-20-11-15(10-19-20)16-6-4-8-21(16)18(22)14-9-13-5-2-3-7-17(13)23-12-14/h2-3,5,7,9-11,16H,4,6,8,12H2,1H3. The summed E-state index contributed by atoms with van der Waals surface area (Å²) in [6, 6.07) is 7.93. The van der Waals surface area contributed by atoms with E-state index in [1.54, 1.807) is 4.68 Å². The molecule has 5 nitrogen and oxygen atoms in total. The van der Waals surface area contributed by atoms with E-state index in [9.17, 15) is 4.79 Å². The Morgan fingerprint density at radius 3 is 3.04 bits per heavy atom. The fraction of sp³-hybridized carbons (Fsp3) is 0.333. The first kappa shape index (κ1) is 14.1. The first-order valence-electron chi connectivity index (χ1n) is 7.94. The fourth-order valence-electron chi connectivity index (χ4n) is 3.39. The maximum absolute atomic E-state index is 13.0. The van der Waals surface area contributed by atoms with Crippen molar-refractivity contribution >= 4 is 12.0 Å². The van der Waals surface area contributed by atoms with Gasteiger partial charge in [-0.2, -0.15) is 5.10 Å². The van der Waals surface area contributed by atoms with Crippen LogP contribution in [-0.4, -0.2) is 33.7 Å². The quantitative estimate of drug-likeness (QED) is 0.856. The van der Waals surface area contributed by atoms with Crippen LogP contribution in [0.25, 0.3) is 6.08 Å². The number of ether oxygens (including phenoxy) is 1. The molecule has 1 saturated heterocycles. The van der Waals surface area contributed by atoms with Crippen molar-refractivity contribution in [3.05, 3.63) is 53.4 Å². The SMILES string of the molecule is Cn1cc(C2CCCN2C(=O)C2=Cc3ccccc3OC2)cn1. The number of carbonyl (C=O) groups excluding carboxylic acids is 1. The van der Waals surface area contributed by atoms with Crippen LogP contribution < -0.4 is 4.74 Å². The average Bonchev–Trinajstić information content (AvgIpc) is 3.22. The van der Waals surface area contributed by atoms with Gasteiger partial charge in [-0.1, -0.05) is 18.2 Å². The van der Waals surface area contributed by atoms with E-state index in [0.717, 1.165) is 41.8 Å². The number of benzene rings is 1. The topological polar surface area (TPSA) is 47.4 Å². The highest BCUT2D eigenvalue weighted by molar-refractivity contribution is 5.99. The van der Waals surface area contributed by atoms with Gasteiger partial charge in [-0.05, 0) is 25.0 Å². The molecule has 2 aliphatic rings. The number of likely N-dealkylation sites (tertiary alicyclic amines) is 1. The Kier molecular flexibility index (Phi) is 3.41. The van der Waals surface area contributed by atoms with E-state index < -0.39 is 0 Å². The Morgan fingerprint density at radius 2 is 2.22 bits per heavy atom. The summed E-state index contributed by atoms with van der Waals surface area (Å²) in [5.41, 5.74) is 2.80. The van der Waals surface area contributed by atoms with Crippen LogP contribution in [0.3, 0.4) is 0 Å². The molecule has 0 aliphatic carbocycles. The minimum absolute atomic E-state index is 0.0749. The third kappa shape index (κ3) is 2.52. The first-order chi connectivity index (χ1) is 11.2. The molecule has 0 N–H and O–H groups in total. The summed E-state index contributed by atoms with van der Waals surface area (Å²) in [6.45, 7) is 1.13. The van der Waals surface area contributed by atoms with Gasteiger partial charge in [0, 0.05) is 30.9 Å². The summed E-state index contributed by atoms with van der Waals surface area (Å²) in [5, 5.41) is 4.24. The van der Waals surface area contributed by atoms with Crippen LogP contribution in [0.2, 0.25) is 0 Å². The molecule has 1 unspecified atom stereocenters. The molecule has 0 radical (unpaired) electrons. The van der Waals surface area contributed by atoms with Crippen LogP contribution in [0.5, 0.6) is 5.75 Å². The first-order valence-corrected chi connectivity index (χ1v) is 7.94. The second kappa shape index (κ2) is 5.57. The molecule has 1 fully saturated rings. The molecule has 1 atom stereocenters. The van der Waals surface area contributed by atoms with Crippen molar-refractivity contribution < 1.29 is 9.53 Å². The van der Waals surface area contributed by atoms with Crippen molar-refractivity contribution in [2.75, 3.05) is 13.2 Å². The van der Waals surface area contributed by atoms with Gasteiger partial charge < -0.3 is 9.64 Å². The maximum Gasteiger partial charge on any atom is 0.253 e. The molecule has 1 amide bonds. The van der Waals surface area contributed by atoms with Gasteiger partial charge in [-0.25, -0.2) is 0 Å². The normalized spacial score (nSPS) is 20.0. The molecule has 2 aromatic rings. The third-order valence-electron chi connectivity index (χ3n) is 4.53. The van der Waals surface area contributed by atoms with Crippen molar-refractivity contribution in [3.63, 3.8) is 0 Å². The minimum Gasteiger partial charge on any atom is -0.488 e. The Labute approximate surface area is 135 Å². The molecule has 0 saturated carbocycles. The Hall–Kier alpha value is -2.56. The molecule has 1 aromatic carbocycles. The summed E-state index contributed by atoms with van der Waals surface area (Å²) in [6.07, 6.45) is 7.83.